The van der Waals surface area contributed by atoms with Crippen molar-refractivity contribution in [2.75, 3.05) is 31.1 Å². The molecule has 2 aliphatic heterocycles. The van der Waals surface area contributed by atoms with Crippen LogP contribution in [0.4, 0.5) is 4.79 Å². The zero-order chi connectivity index (χ0) is 14.4. The summed E-state index contributed by atoms with van der Waals surface area (Å²) in [4.78, 5) is 14.0. The third-order valence-electron chi connectivity index (χ3n) is 4.87. The van der Waals surface area contributed by atoms with Crippen LogP contribution in [-0.2, 0) is 9.84 Å². The van der Waals surface area contributed by atoms with Crippen LogP contribution in [0.3, 0.4) is 0 Å². The van der Waals surface area contributed by atoms with Crippen molar-refractivity contribution in [3.05, 3.63) is 11.6 Å². The van der Waals surface area contributed by atoms with E-state index in [1.165, 1.54) is 12.0 Å². The Morgan fingerprint density at radius 2 is 2.35 bits per heavy atom. The van der Waals surface area contributed by atoms with Crippen molar-refractivity contribution in [1.29, 1.82) is 0 Å². The summed E-state index contributed by atoms with van der Waals surface area (Å²) in [5, 5.41) is 2.96. The average Bonchev–Trinajstić information content (AvgIpc) is 2.98. The summed E-state index contributed by atoms with van der Waals surface area (Å²) in [6, 6.07) is -0.0502. The van der Waals surface area contributed by atoms with Crippen molar-refractivity contribution in [2.24, 2.45) is 11.3 Å². The number of allylic oxidation sites excluding steroid dienone is 1. The Morgan fingerprint density at radius 3 is 3.00 bits per heavy atom. The Bertz CT molecular complexity index is 555. The van der Waals surface area contributed by atoms with Crippen LogP contribution in [-0.4, -0.2) is 50.5 Å². The van der Waals surface area contributed by atoms with Crippen LogP contribution in [0.2, 0.25) is 0 Å². The first-order valence-corrected chi connectivity index (χ1v) is 9.11. The lowest BCUT2D eigenvalue weighted by Crippen LogP contribution is -2.41. The minimum Gasteiger partial charge on any atom is -0.334 e. The molecule has 0 saturated carbocycles. The highest BCUT2D eigenvalue weighted by Gasteiger charge is 2.53. The number of sulfone groups is 1. The van der Waals surface area contributed by atoms with Gasteiger partial charge >= 0.3 is 6.03 Å². The Balaban J connectivity index is 1.57. The number of urea groups is 1. The average molecular weight is 298 g/mol. The van der Waals surface area contributed by atoms with E-state index in [0.29, 0.717) is 19.6 Å². The first-order chi connectivity index (χ1) is 9.38. The minimum absolute atomic E-state index is 0.0502. The van der Waals surface area contributed by atoms with Gasteiger partial charge in [-0.1, -0.05) is 18.6 Å². The lowest BCUT2D eigenvalue weighted by molar-refractivity contribution is 0.204. The number of hydrogen-bond acceptors (Lipinski definition) is 3. The molecule has 1 aliphatic carbocycles. The zero-order valence-electron chi connectivity index (χ0n) is 11.9. The van der Waals surface area contributed by atoms with Gasteiger partial charge in [0.2, 0.25) is 0 Å². The van der Waals surface area contributed by atoms with E-state index >= 15 is 0 Å². The molecule has 2 heterocycles. The van der Waals surface area contributed by atoms with Crippen LogP contribution in [0.25, 0.3) is 0 Å². The van der Waals surface area contributed by atoms with Gasteiger partial charge in [0.25, 0.3) is 0 Å². The molecule has 0 spiro atoms. The van der Waals surface area contributed by atoms with Crippen molar-refractivity contribution in [1.82, 2.24) is 10.2 Å². The standard InChI is InChI=1S/C14H22N2O3S/c1-14-9-16(7-12(14)8-20(18,19)10-14)13(17)15-6-11-4-2-3-5-11/h4,12H,2-3,5-10H2,1H3,(H,15,17)/t12-,14+/m0/s1. The molecule has 3 aliphatic rings. The van der Waals surface area contributed by atoms with Crippen LogP contribution in [0.1, 0.15) is 26.2 Å². The highest BCUT2D eigenvalue weighted by molar-refractivity contribution is 7.91. The van der Waals surface area contributed by atoms with Gasteiger partial charge in [-0.05, 0) is 25.2 Å². The van der Waals surface area contributed by atoms with Crippen molar-refractivity contribution >= 4 is 15.9 Å². The quantitative estimate of drug-likeness (QED) is 0.778. The summed E-state index contributed by atoms with van der Waals surface area (Å²) in [6.07, 6.45) is 5.59. The molecular weight excluding hydrogens is 276 g/mol. The molecule has 0 radical (unpaired) electrons. The summed E-state index contributed by atoms with van der Waals surface area (Å²) < 4.78 is 23.4. The van der Waals surface area contributed by atoms with Gasteiger partial charge in [-0.15, -0.1) is 0 Å². The second-order valence-corrected chi connectivity index (χ2v) is 8.81. The van der Waals surface area contributed by atoms with E-state index in [1.807, 2.05) is 6.92 Å². The second kappa shape index (κ2) is 4.76. The van der Waals surface area contributed by atoms with Crippen LogP contribution in [0, 0.1) is 11.3 Å². The normalized spacial score (nSPS) is 35.0. The van der Waals surface area contributed by atoms with Gasteiger partial charge in [0.1, 0.15) is 0 Å². The lowest BCUT2D eigenvalue weighted by atomic mass is 9.84. The first-order valence-electron chi connectivity index (χ1n) is 7.29. The van der Waals surface area contributed by atoms with Crippen LogP contribution >= 0.6 is 0 Å². The van der Waals surface area contributed by atoms with E-state index in [2.05, 4.69) is 11.4 Å². The molecule has 1 N–H and O–H groups in total. The summed E-state index contributed by atoms with van der Waals surface area (Å²) in [6.45, 7) is 3.76. The minimum atomic E-state index is -2.91. The summed E-state index contributed by atoms with van der Waals surface area (Å²) in [5.41, 5.74) is 1.06. The number of fused-ring (bicyclic) bond motifs is 1. The molecule has 0 aromatic heterocycles. The van der Waals surface area contributed by atoms with Gasteiger partial charge in [0, 0.05) is 25.0 Å². The van der Waals surface area contributed by atoms with Crippen LogP contribution < -0.4 is 5.32 Å². The van der Waals surface area contributed by atoms with E-state index in [4.69, 9.17) is 0 Å². The van der Waals surface area contributed by atoms with Crippen molar-refractivity contribution in [2.45, 2.75) is 26.2 Å². The number of rotatable bonds is 2. The fraction of sp³-hybridized carbons (Fsp3) is 0.786. The third-order valence-corrected chi connectivity index (χ3v) is 6.88. The third kappa shape index (κ3) is 2.57. The number of nitrogens with zero attached hydrogens (tertiary/aromatic N) is 1. The molecule has 2 saturated heterocycles. The molecule has 0 aromatic carbocycles. The Hall–Kier alpha value is -1.04. The predicted octanol–water partition coefficient (Wildman–Crippen LogP) is 1.17. The first kappa shape index (κ1) is 13.9. The van der Waals surface area contributed by atoms with Gasteiger partial charge in [0.05, 0.1) is 11.5 Å². The molecule has 0 unspecified atom stereocenters. The van der Waals surface area contributed by atoms with Gasteiger partial charge in [-0.2, -0.15) is 0 Å². The summed E-state index contributed by atoms with van der Waals surface area (Å²) in [7, 11) is -2.91. The van der Waals surface area contributed by atoms with E-state index in [-0.39, 0.29) is 28.9 Å². The highest BCUT2D eigenvalue weighted by atomic mass is 32.2. The second-order valence-electron chi connectivity index (χ2n) is 6.70. The molecule has 20 heavy (non-hydrogen) atoms. The van der Waals surface area contributed by atoms with Crippen molar-refractivity contribution in [3.63, 3.8) is 0 Å². The monoisotopic (exact) mass is 298 g/mol. The van der Waals surface area contributed by atoms with Gasteiger partial charge in [-0.3, -0.25) is 0 Å². The predicted molar refractivity (Wildman–Crippen MR) is 77.2 cm³/mol. The number of carbonyl (C=O) groups excluding carboxylic acids is 1. The molecule has 112 valence electrons. The number of amides is 2. The smallest absolute Gasteiger partial charge is 0.317 e. The van der Waals surface area contributed by atoms with E-state index in [0.717, 1.165) is 12.8 Å². The maximum atomic E-state index is 12.2. The Morgan fingerprint density at radius 1 is 1.55 bits per heavy atom. The molecule has 2 atom stereocenters. The van der Waals surface area contributed by atoms with E-state index < -0.39 is 9.84 Å². The fourth-order valence-electron chi connectivity index (χ4n) is 3.75. The molecule has 0 bridgehead atoms. The topological polar surface area (TPSA) is 66.5 Å². The molecule has 2 fully saturated rings. The number of nitrogens with one attached hydrogen (secondary N) is 1. The number of likely N-dealkylation sites (tertiary alicyclic amines) is 1. The lowest BCUT2D eigenvalue weighted by Gasteiger charge is -2.22. The van der Waals surface area contributed by atoms with Crippen LogP contribution in [0.5, 0.6) is 0 Å². The number of carbonyl (C=O) groups is 1. The van der Waals surface area contributed by atoms with Gasteiger partial charge in [0.15, 0.2) is 9.84 Å². The maximum absolute atomic E-state index is 12.2. The van der Waals surface area contributed by atoms with E-state index in [1.54, 1.807) is 4.90 Å². The van der Waals surface area contributed by atoms with Gasteiger partial charge < -0.3 is 10.2 Å². The molecule has 6 heteroatoms. The van der Waals surface area contributed by atoms with Crippen molar-refractivity contribution < 1.29 is 13.2 Å². The summed E-state index contributed by atoms with van der Waals surface area (Å²) >= 11 is 0. The van der Waals surface area contributed by atoms with Crippen LogP contribution in [0.15, 0.2) is 11.6 Å². The maximum Gasteiger partial charge on any atom is 0.317 e. The zero-order valence-corrected chi connectivity index (χ0v) is 12.7. The van der Waals surface area contributed by atoms with E-state index in [9.17, 15) is 13.2 Å². The molecule has 0 aromatic rings. The molecule has 2 amide bonds. The van der Waals surface area contributed by atoms with Gasteiger partial charge in [-0.25, -0.2) is 13.2 Å². The fourth-order valence-corrected chi connectivity index (χ4v) is 6.33. The SMILES string of the molecule is C[C@]12CN(C(=O)NCC3=CCCC3)C[C@H]1CS(=O)(=O)C2. The Labute approximate surface area is 120 Å². The largest absolute Gasteiger partial charge is 0.334 e. The number of hydrogen-bond donors (Lipinski definition) is 1. The molecule has 5 nitrogen and oxygen atoms in total. The molecule has 3 rings (SSSR count). The summed E-state index contributed by atoms with van der Waals surface area (Å²) in [5.74, 6) is 0.557. The Kier molecular flexibility index (Phi) is 3.31. The molecular formula is C14H22N2O3S. The van der Waals surface area contributed by atoms with Crippen molar-refractivity contribution in [3.8, 4) is 0 Å². The highest BCUT2D eigenvalue weighted by Crippen LogP contribution is 2.43.